The molecule has 0 bridgehead atoms. The lowest BCUT2D eigenvalue weighted by molar-refractivity contribution is 0.0889. The molecule has 0 fully saturated rings. The van der Waals surface area contributed by atoms with Crippen molar-refractivity contribution in [2.75, 3.05) is 13.2 Å². The summed E-state index contributed by atoms with van der Waals surface area (Å²) in [6.45, 7) is 2.20. The Morgan fingerprint density at radius 2 is 1.75 bits per heavy atom. The van der Waals surface area contributed by atoms with Crippen LogP contribution in [-0.2, 0) is 17.9 Å². The highest BCUT2D eigenvalue weighted by molar-refractivity contribution is 9.10. The summed E-state index contributed by atoms with van der Waals surface area (Å²) in [6.07, 6.45) is 0. The largest absolute Gasteiger partial charge is 0.491 e. The SMILES string of the molecule is NCc1cccc(OCCOCc2cccc(Br)c2)c1. The maximum absolute atomic E-state index is 5.62. The summed E-state index contributed by atoms with van der Waals surface area (Å²) in [5, 5.41) is 0. The minimum absolute atomic E-state index is 0.524. The molecule has 2 rings (SSSR count). The molecule has 0 aliphatic rings. The zero-order chi connectivity index (χ0) is 14.2. The third-order valence-corrected chi connectivity index (χ3v) is 3.28. The summed E-state index contributed by atoms with van der Waals surface area (Å²) < 4.78 is 12.3. The van der Waals surface area contributed by atoms with E-state index in [1.807, 2.05) is 48.5 Å². The normalized spacial score (nSPS) is 10.5. The second-order valence-corrected chi connectivity index (χ2v) is 5.30. The van der Waals surface area contributed by atoms with Crippen LogP contribution >= 0.6 is 15.9 Å². The fraction of sp³-hybridized carbons (Fsp3) is 0.250. The highest BCUT2D eigenvalue weighted by Gasteiger charge is 1.97. The molecule has 0 saturated heterocycles. The number of rotatable bonds is 7. The van der Waals surface area contributed by atoms with Gasteiger partial charge in [-0.1, -0.05) is 40.2 Å². The Morgan fingerprint density at radius 3 is 2.55 bits per heavy atom. The Morgan fingerprint density at radius 1 is 0.950 bits per heavy atom. The van der Waals surface area contributed by atoms with Gasteiger partial charge in [-0.15, -0.1) is 0 Å². The topological polar surface area (TPSA) is 44.5 Å². The quantitative estimate of drug-likeness (QED) is 0.787. The number of halogens is 1. The van der Waals surface area contributed by atoms with Crippen LogP contribution in [-0.4, -0.2) is 13.2 Å². The zero-order valence-corrected chi connectivity index (χ0v) is 12.8. The molecule has 0 saturated carbocycles. The summed E-state index contributed by atoms with van der Waals surface area (Å²) in [5.74, 6) is 0.832. The van der Waals surface area contributed by atoms with Crippen LogP contribution in [0.1, 0.15) is 11.1 Å². The number of nitrogens with two attached hydrogens (primary N) is 1. The molecule has 4 heteroatoms. The van der Waals surface area contributed by atoms with E-state index in [0.717, 1.165) is 21.3 Å². The van der Waals surface area contributed by atoms with Crippen molar-refractivity contribution in [2.24, 2.45) is 5.73 Å². The van der Waals surface area contributed by atoms with Gasteiger partial charge in [-0.3, -0.25) is 0 Å². The van der Waals surface area contributed by atoms with Crippen LogP contribution < -0.4 is 10.5 Å². The first kappa shape index (κ1) is 15.0. The lowest BCUT2D eigenvalue weighted by atomic mass is 10.2. The van der Waals surface area contributed by atoms with Gasteiger partial charge in [-0.05, 0) is 35.4 Å². The number of ether oxygens (including phenoxy) is 2. The van der Waals surface area contributed by atoms with Gasteiger partial charge >= 0.3 is 0 Å². The number of hydrogen-bond acceptors (Lipinski definition) is 3. The smallest absolute Gasteiger partial charge is 0.119 e. The van der Waals surface area contributed by atoms with Crippen LogP contribution in [0.15, 0.2) is 53.0 Å². The van der Waals surface area contributed by atoms with E-state index in [1.165, 1.54) is 0 Å². The van der Waals surface area contributed by atoms with Gasteiger partial charge in [0.05, 0.1) is 13.2 Å². The van der Waals surface area contributed by atoms with Crippen molar-refractivity contribution in [3.8, 4) is 5.75 Å². The molecule has 106 valence electrons. The molecule has 0 radical (unpaired) electrons. The van der Waals surface area contributed by atoms with Crippen molar-refractivity contribution in [3.05, 3.63) is 64.1 Å². The van der Waals surface area contributed by atoms with Gasteiger partial charge in [0.1, 0.15) is 12.4 Å². The Kier molecular flexibility index (Phi) is 6.05. The lowest BCUT2D eigenvalue weighted by Crippen LogP contribution is -2.07. The van der Waals surface area contributed by atoms with Gasteiger partial charge in [0.2, 0.25) is 0 Å². The highest BCUT2D eigenvalue weighted by atomic mass is 79.9. The molecular formula is C16H18BrNO2. The monoisotopic (exact) mass is 335 g/mol. The van der Waals surface area contributed by atoms with Gasteiger partial charge in [0.15, 0.2) is 0 Å². The van der Waals surface area contributed by atoms with Gasteiger partial charge < -0.3 is 15.2 Å². The third kappa shape index (κ3) is 4.96. The van der Waals surface area contributed by atoms with E-state index in [-0.39, 0.29) is 0 Å². The van der Waals surface area contributed by atoms with Gasteiger partial charge in [0.25, 0.3) is 0 Å². The van der Waals surface area contributed by atoms with Crippen LogP contribution in [0, 0.1) is 0 Å². The molecule has 2 aromatic carbocycles. The van der Waals surface area contributed by atoms with Crippen molar-refractivity contribution in [2.45, 2.75) is 13.2 Å². The number of benzene rings is 2. The highest BCUT2D eigenvalue weighted by Crippen LogP contribution is 2.13. The first-order valence-electron chi connectivity index (χ1n) is 6.52. The molecule has 0 aliphatic carbocycles. The summed E-state index contributed by atoms with van der Waals surface area (Å²) in [7, 11) is 0. The molecule has 3 nitrogen and oxygen atoms in total. The number of hydrogen-bond donors (Lipinski definition) is 1. The Bertz CT molecular complexity index is 546. The van der Waals surface area contributed by atoms with Crippen molar-refractivity contribution < 1.29 is 9.47 Å². The minimum atomic E-state index is 0.524. The van der Waals surface area contributed by atoms with E-state index in [9.17, 15) is 0 Å². The molecule has 0 aliphatic heterocycles. The molecule has 20 heavy (non-hydrogen) atoms. The van der Waals surface area contributed by atoms with E-state index in [1.54, 1.807) is 0 Å². The fourth-order valence-electron chi connectivity index (χ4n) is 1.80. The van der Waals surface area contributed by atoms with Crippen LogP contribution in [0.25, 0.3) is 0 Å². The molecule has 0 atom stereocenters. The summed E-state index contributed by atoms with van der Waals surface area (Å²) in [4.78, 5) is 0. The first-order valence-corrected chi connectivity index (χ1v) is 7.31. The Hall–Kier alpha value is -1.36. The van der Waals surface area contributed by atoms with Crippen LogP contribution in [0.2, 0.25) is 0 Å². The van der Waals surface area contributed by atoms with Crippen molar-refractivity contribution in [3.63, 3.8) is 0 Å². The lowest BCUT2D eigenvalue weighted by Gasteiger charge is -2.08. The van der Waals surface area contributed by atoms with E-state index >= 15 is 0 Å². The van der Waals surface area contributed by atoms with Crippen LogP contribution in [0.4, 0.5) is 0 Å². The van der Waals surface area contributed by atoms with E-state index in [2.05, 4.69) is 15.9 Å². The first-order chi connectivity index (χ1) is 9.78. The average Bonchev–Trinajstić information content (AvgIpc) is 2.47. The predicted molar refractivity (Wildman–Crippen MR) is 83.6 cm³/mol. The molecule has 0 heterocycles. The van der Waals surface area contributed by atoms with Gasteiger partial charge in [-0.2, -0.15) is 0 Å². The van der Waals surface area contributed by atoms with Crippen LogP contribution in [0.3, 0.4) is 0 Å². The fourth-order valence-corrected chi connectivity index (χ4v) is 2.24. The van der Waals surface area contributed by atoms with E-state index in [0.29, 0.717) is 26.4 Å². The van der Waals surface area contributed by atoms with Gasteiger partial charge in [0, 0.05) is 11.0 Å². The maximum atomic E-state index is 5.62. The maximum Gasteiger partial charge on any atom is 0.119 e. The van der Waals surface area contributed by atoms with Crippen molar-refractivity contribution in [1.82, 2.24) is 0 Å². The predicted octanol–water partition coefficient (Wildman–Crippen LogP) is 3.50. The van der Waals surface area contributed by atoms with E-state index < -0.39 is 0 Å². The molecule has 0 aromatic heterocycles. The molecule has 2 aromatic rings. The standard InChI is InChI=1S/C16H18BrNO2/c17-15-5-1-4-14(9-15)12-19-7-8-20-16-6-2-3-13(10-16)11-18/h1-6,9-10H,7-8,11-12,18H2. The van der Waals surface area contributed by atoms with E-state index in [4.69, 9.17) is 15.2 Å². The van der Waals surface area contributed by atoms with Crippen molar-refractivity contribution in [1.29, 1.82) is 0 Å². The summed E-state index contributed by atoms with van der Waals surface area (Å²) in [5.41, 5.74) is 7.80. The zero-order valence-electron chi connectivity index (χ0n) is 11.2. The molecule has 0 spiro atoms. The average molecular weight is 336 g/mol. The second-order valence-electron chi connectivity index (χ2n) is 4.38. The van der Waals surface area contributed by atoms with Gasteiger partial charge in [-0.25, -0.2) is 0 Å². The summed E-state index contributed by atoms with van der Waals surface area (Å²) in [6, 6.07) is 15.9. The molecular weight excluding hydrogens is 318 g/mol. The third-order valence-electron chi connectivity index (χ3n) is 2.79. The van der Waals surface area contributed by atoms with Crippen LogP contribution in [0.5, 0.6) is 5.75 Å². The second kappa shape index (κ2) is 8.04. The minimum Gasteiger partial charge on any atom is -0.491 e. The summed E-state index contributed by atoms with van der Waals surface area (Å²) >= 11 is 3.44. The Labute approximate surface area is 127 Å². The molecule has 0 unspecified atom stereocenters. The van der Waals surface area contributed by atoms with Crippen molar-refractivity contribution >= 4 is 15.9 Å². The Balaban J connectivity index is 1.68. The molecule has 0 amide bonds. The molecule has 2 N–H and O–H groups in total.